The predicted molar refractivity (Wildman–Crippen MR) is 82.8 cm³/mol. The minimum absolute atomic E-state index is 0.469. The molecule has 1 aliphatic rings. The molecule has 5 nitrogen and oxygen atoms in total. The zero-order valence-electron chi connectivity index (χ0n) is 10.8. The van der Waals surface area contributed by atoms with Crippen molar-refractivity contribution in [1.29, 1.82) is 0 Å². The van der Waals surface area contributed by atoms with Gasteiger partial charge in [0.1, 0.15) is 16.0 Å². The quantitative estimate of drug-likeness (QED) is 0.730. The first-order valence-corrected chi connectivity index (χ1v) is 8.54. The lowest BCUT2D eigenvalue weighted by Gasteiger charge is -2.01. The summed E-state index contributed by atoms with van der Waals surface area (Å²) in [5, 5.41) is 11.1. The van der Waals surface area contributed by atoms with E-state index >= 15 is 0 Å². The summed E-state index contributed by atoms with van der Waals surface area (Å²) < 4.78 is 0. The Morgan fingerprint density at radius 3 is 2.95 bits per heavy atom. The second-order valence-electron chi connectivity index (χ2n) is 4.71. The molecule has 0 saturated heterocycles. The second kappa shape index (κ2) is 5.40. The van der Waals surface area contributed by atoms with Crippen LogP contribution in [0.5, 0.6) is 0 Å². The predicted octanol–water partition coefficient (Wildman–Crippen LogP) is 4.01. The molecule has 0 bridgehead atoms. The number of thiophene rings is 1. The van der Waals surface area contributed by atoms with Crippen molar-refractivity contribution >= 4 is 34.7 Å². The van der Waals surface area contributed by atoms with Gasteiger partial charge in [-0.2, -0.15) is 0 Å². The van der Waals surface area contributed by atoms with E-state index in [0.717, 1.165) is 34.4 Å². The number of hydrogen-bond acceptors (Lipinski definition) is 6. The molecule has 1 fully saturated rings. The fraction of sp³-hybridized carbons (Fsp3) is 0.231. The van der Waals surface area contributed by atoms with E-state index in [9.17, 15) is 0 Å². The average Bonchev–Trinajstić information content (AvgIpc) is 2.97. The lowest BCUT2D eigenvalue weighted by Crippen LogP contribution is -1.94. The monoisotopic (exact) mass is 335 g/mol. The molecule has 3 aromatic rings. The first-order valence-electron chi connectivity index (χ1n) is 6.46. The molecule has 0 atom stereocenters. The third kappa shape index (κ3) is 2.95. The zero-order chi connectivity index (χ0) is 14.2. The van der Waals surface area contributed by atoms with Gasteiger partial charge in [0.15, 0.2) is 5.82 Å². The van der Waals surface area contributed by atoms with Crippen LogP contribution in [-0.4, -0.2) is 25.1 Å². The Bertz CT molecular complexity index is 767. The summed E-state index contributed by atoms with van der Waals surface area (Å²) in [6.45, 7) is 0. The summed E-state index contributed by atoms with van der Waals surface area (Å²) in [6, 6.07) is 5.74. The van der Waals surface area contributed by atoms with E-state index < -0.39 is 0 Å². The van der Waals surface area contributed by atoms with Crippen LogP contribution in [0.15, 0.2) is 33.8 Å². The highest BCUT2D eigenvalue weighted by Crippen LogP contribution is 2.39. The third-order valence-electron chi connectivity index (χ3n) is 3.05. The largest absolute Gasteiger partial charge is 0.257 e. The van der Waals surface area contributed by atoms with E-state index in [2.05, 4.69) is 25.1 Å². The molecule has 1 N–H and O–H groups in total. The van der Waals surface area contributed by atoms with Crippen LogP contribution in [0, 0.1) is 0 Å². The Hall–Kier alpha value is -1.44. The molecule has 4 rings (SSSR count). The molecule has 0 aliphatic heterocycles. The smallest absolute Gasteiger partial charge is 0.215 e. The van der Waals surface area contributed by atoms with Gasteiger partial charge in [-0.25, -0.2) is 15.0 Å². The van der Waals surface area contributed by atoms with E-state index in [1.54, 1.807) is 17.4 Å². The van der Waals surface area contributed by atoms with Gasteiger partial charge < -0.3 is 0 Å². The van der Waals surface area contributed by atoms with Crippen molar-refractivity contribution in [2.75, 3.05) is 0 Å². The van der Waals surface area contributed by atoms with E-state index in [-0.39, 0.29) is 0 Å². The highest BCUT2D eigenvalue weighted by molar-refractivity contribution is 7.99. The molecule has 1 saturated carbocycles. The van der Waals surface area contributed by atoms with Crippen molar-refractivity contribution in [3.63, 3.8) is 0 Å². The van der Waals surface area contributed by atoms with Gasteiger partial charge in [-0.15, -0.1) is 16.4 Å². The highest BCUT2D eigenvalue weighted by Gasteiger charge is 2.27. The standard InChI is InChI=1S/C13H10ClN5S2/c14-9-6-10(16-11(15-9)7-3-4-7)21-13-17-12(18-19-13)8-2-1-5-20-8/h1-2,5-7H,3-4H2,(H,17,18,19). The number of H-pyrrole nitrogens is 1. The van der Waals surface area contributed by atoms with Crippen LogP contribution in [0.4, 0.5) is 0 Å². The van der Waals surface area contributed by atoms with Gasteiger partial charge in [0.2, 0.25) is 5.16 Å². The van der Waals surface area contributed by atoms with Crippen LogP contribution < -0.4 is 0 Å². The van der Waals surface area contributed by atoms with E-state index in [1.807, 2.05) is 17.5 Å². The highest BCUT2D eigenvalue weighted by atomic mass is 35.5. The summed E-state index contributed by atoms with van der Waals surface area (Å²) >= 11 is 9.08. The van der Waals surface area contributed by atoms with Gasteiger partial charge in [-0.1, -0.05) is 17.7 Å². The molecule has 0 spiro atoms. The lowest BCUT2D eigenvalue weighted by atomic mass is 10.4. The number of rotatable bonds is 4. The van der Waals surface area contributed by atoms with Crippen LogP contribution in [0.25, 0.3) is 10.7 Å². The molecule has 0 unspecified atom stereocenters. The molecule has 0 radical (unpaired) electrons. The Balaban J connectivity index is 1.58. The van der Waals surface area contributed by atoms with E-state index in [1.165, 1.54) is 11.8 Å². The number of hydrogen-bond donors (Lipinski definition) is 1. The van der Waals surface area contributed by atoms with E-state index in [4.69, 9.17) is 11.6 Å². The summed E-state index contributed by atoms with van der Waals surface area (Å²) in [4.78, 5) is 14.4. The molecule has 21 heavy (non-hydrogen) atoms. The first kappa shape index (κ1) is 13.2. The number of nitrogens with one attached hydrogen (secondary N) is 1. The summed E-state index contributed by atoms with van der Waals surface area (Å²) in [5.41, 5.74) is 0. The minimum Gasteiger partial charge on any atom is -0.257 e. The Morgan fingerprint density at radius 2 is 2.19 bits per heavy atom. The van der Waals surface area contributed by atoms with Gasteiger partial charge in [0.25, 0.3) is 0 Å². The second-order valence-corrected chi connectivity index (χ2v) is 7.03. The Labute approximate surface area is 134 Å². The van der Waals surface area contributed by atoms with Crippen LogP contribution in [-0.2, 0) is 0 Å². The fourth-order valence-electron chi connectivity index (χ4n) is 1.90. The number of halogens is 1. The van der Waals surface area contributed by atoms with Crippen molar-refractivity contribution in [2.45, 2.75) is 28.9 Å². The van der Waals surface area contributed by atoms with Crippen molar-refractivity contribution in [3.8, 4) is 10.7 Å². The average molecular weight is 336 g/mol. The van der Waals surface area contributed by atoms with Crippen molar-refractivity contribution in [1.82, 2.24) is 25.1 Å². The molecule has 3 heterocycles. The Kier molecular flexibility index (Phi) is 3.40. The molecular formula is C13H10ClN5S2. The zero-order valence-corrected chi connectivity index (χ0v) is 13.2. The van der Waals surface area contributed by atoms with Gasteiger partial charge >= 0.3 is 0 Å². The fourth-order valence-corrected chi connectivity index (χ4v) is 3.54. The van der Waals surface area contributed by atoms with Crippen LogP contribution in [0.2, 0.25) is 5.15 Å². The number of nitrogens with zero attached hydrogens (tertiary/aromatic N) is 4. The SMILES string of the molecule is Clc1cc(Sc2n[nH]c(-c3cccs3)n2)nc(C2CC2)n1. The molecule has 0 aromatic carbocycles. The topological polar surface area (TPSA) is 67.3 Å². The maximum atomic E-state index is 6.06. The summed E-state index contributed by atoms with van der Waals surface area (Å²) in [7, 11) is 0. The number of aromatic amines is 1. The van der Waals surface area contributed by atoms with E-state index in [0.29, 0.717) is 16.2 Å². The van der Waals surface area contributed by atoms with Gasteiger partial charge in [-0.3, -0.25) is 5.10 Å². The van der Waals surface area contributed by atoms with Crippen LogP contribution >= 0.6 is 34.7 Å². The number of aromatic nitrogens is 5. The minimum atomic E-state index is 0.469. The third-order valence-corrected chi connectivity index (χ3v) is 4.90. The van der Waals surface area contributed by atoms with Gasteiger partial charge in [-0.05, 0) is 36.0 Å². The molecule has 8 heteroatoms. The lowest BCUT2D eigenvalue weighted by molar-refractivity contribution is 0.874. The summed E-state index contributed by atoms with van der Waals surface area (Å²) in [6.07, 6.45) is 2.29. The van der Waals surface area contributed by atoms with Crippen molar-refractivity contribution in [3.05, 3.63) is 34.6 Å². The maximum Gasteiger partial charge on any atom is 0.215 e. The molecular weight excluding hydrogens is 326 g/mol. The van der Waals surface area contributed by atoms with Crippen LogP contribution in [0.1, 0.15) is 24.6 Å². The van der Waals surface area contributed by atoms with Gasteiger partial charge in [0.05, 0.1) is 4.88 Å². The summed E-state index contributed by atoms with van der Waals surface area (Å²) in [5.74, 6) is 2.07. The van der Waals surface area contributed by atoms with Gasteiger partial charge in [0, 0.05) is 12.0 Å². The van der Waals surface area contributed by atoms with Crippen molar-refractivity contribution in [2.24, 2.45) is 0 Å². The Morgan fingerprint density at radius 1 is 1.29 bits per heavy atom. The van der Waals surface area contributed by atoms with Crippen molar-refractivity contribution < 1.29 is 0 Å². The maximum absolute atomic E-state index is 6.06. The first-order chi connectivity index (χ1) is 10.3. The molecule has 106 valence electrons. The molecule has 3 aromatic heterocycles. The normalized spacial score (nSPS) is 14.5. The molecule has 1 aliphatic carbocycles. The molecule has 0 amide bonds. The van der Waals surface area contributed by atoms with Crippen LogP contribution in [0.3, 0.4) is 0 Å².